The van der Waals surface area contributed by atoms with Crippen LogP contribution in [0.3, 0.4) is 0 Å². The van der Waals surface area contributed by atoms with Gasteiger partial charge in [-0.2, -0.15) is 5.10 Å². The SMILES string of the molecule is C/C(CCc1ccccc1)=N\NC(=O)C(=O)NCc1ccncc1. The van der Waals surface area contributed by atoms with Crippen LogP contribution < -0.4 is 10.7 Å². The predicted octanol–water partition coefficient (Wildman–Crippen LogP) is 1.82. The van der Waals surface area contributed by atoms with Crippen LogP contribution in [0.15, 0.2) is 60.0 Å². The topological polar surface area (TPSA) is 83.5 Å². The van der Waals surface area contributed by atoms with E-state index in [1.807, 2.05) is 37.3 Å². The van der Waals surface area contributed by atoms with Crippen LogP contribution in [0.2, 0.25) is 0 Å². The van der Waals surface area contributed by atoms with E-state index in [2.05, 4.69) is 20.8 Å². The molecule has 6 heteroatoms. The highest BCUT2D eigenvalue weighted by Crippen LogP contribution is 2.03. The average Bonchev–Trinajstić information content (AvgIpc) is 2.64. The molecule has 1 aromatic carbocycles. The zero-order valence-electron chi connectivity index (χ0n) is 13.5. The molecule has 2 aromatic rings. The maximum Gasteiger partial charge on any atom is 0.329 e. The lowest BCUT2D eigenvalue weighted by molar-refractivity contribution is -0.139. The summed E-state index contributed by atoms with van der Waals surface area (Å²) in [5.74, 6) is -1.49. The second-order valence-corrected chi connectivity index (χ2v) is 5.31. The number of rotatable bonds is 6. The van der Waals surface area contributed by atoms with Gasteiger partial charge in [0.1, 0.15) is 0 Å². The number of amides is 2. The lowest BCUT2D eigenvalue weighted by atomic mass is 10.1. The van der Waals surface area contributed by atoms with Gasteiger partial charge in [0.25, 0.3) is 0 Å². The van der Waals surface area contributed by atoms with Crippen molar-refractivity contribution in [3.63, 3.8) is 0 Å². The van der Waals surface area contributed by atoms with Crippen molar-refractivity contribution in [2.45, 2.75) is 26.3 Å². The number of hydrogen-bond acceptors (Lipinski definition) is 4. The molecule has 0 radical (unpaired) electrons. The van der Waals surface area contributed by atoms with Gasteiger partial charge in [0.2, 0.25) is 0 Å². The molecular formula is C18H20N4O2. The number of nitrogens with one attached hydrogen (secondary N) is 2. The van der Waals surface area contributed by atoms with Crippen LogP contribution >= 0.6 is 0 Å². The molecule has 0 unspecified atom stereocenters. The number of aromatic nitrogens is 1. The first-order chi connectivity index (χ1) is 11.6. The maximum atomic E-state index is 11.7. The van der Waals surface area contributed by atoms with Gasteiger partial charge >= 0.3 is 11.8 Å². The third-order valence-electron chi connectivity index (χ3n) is 3.38. The Morgan fingerprint density at radius 1 is 1.00 bits per heavy atom. The van der Waals surface area contributed by atoms with Crippen molar-refractivity contribution < 1.29 is 9.59 Å². The van der Waals surface area contributed by atoms with Crippen LogP contribution in [0.4, 0.5) is 0 Å². The Balaban J connectivity index is 1.73. The van der Waals surface area contributed by atoms with Gasteiger partial charge in [0.15, 0.2) is 0 Å². The minimum absolute atomic E-state index is 0.269. The average molecular weight is 324 g/mol. The number of carbonyl (C=O) groups excluding carboxylic acids is 2. The van der Waals surface area contributed by atoms with Crippen molar-refractivity contribution in [1.82, 2.24) is 15.7 Å². The summed E-state index contributed by atoms with van der Waals surface area (Å²) in [4.78, 5) is 27.3. The van der Waals surface area contributed by atoms with E-state index in [4.69, 9.17) is 0 Å². The van der Waals surface area contributed by atoms with E-state index in [0.717, 1.165) is 17.7 Å². The van der Waals surface area contributed by atoms with Crippen molar-refractivity contribution >= 4 is 17.5 Å². The highest BCUT2D eigenvalue weighted by molar-refractivity contribution is 6.35. The second kappa shape index (κ2) is 9.19. The Labute approximate surface area is 141 Å². The molecule has 24 heavy (non-hydrogen) atoms. The van der Waals surface area contributed by atoms with Gasteiger partial charge in [-0.25, -0.2) is 5.43 Å². The molecule has 6 nitrogen and oxygen atoms in total. The first-order valence-corrected chi connectivity index (χ1v) is 7.69. The van der Waals surface area contributed by atoms with Crippen molar-refractivity contribution in [2.75, 3.05) is 0 Å². The van der Waals surface area contributed by atoms with E-state index in [1.165, 1.54) is 5.56 Å². The molecule has 0 aliphatic heterocycles. The number of hydrazone groups is 1. The summed E-state index contributed by atoms with van der Waals surface area (Å²) < 4.78 is 0. The monoisotopic (exact) mass is 324 g/mol. The molecule has 0 saturated heterocycles. The Bertz CT molecular complexity index is 699. The smallest absolute Gasteiger partial charge is 0.329 e. The lowest BCUT2D eigenvalue weighted by Crippen LogP contribution is -2.37. The molecule has 2 N–H and O–H groups in total. The maximum absolute atomic E-state index is 11.7. The molecule has 0 spiro atoms. The minimum Gasteiger partial charge on any atom is -0.344 e. The highest BCUT2D eigenvalue weighted by Gasteiger charge is 2.12. The highest BCUT2D eigenvalue weighted by atomic mass is 16.2. The summed E-state index contributed by atoms with van der Waals surface area (Å²) >= 11 is 0. The minimum atomic E-state index is -0.775. The van der Waals surface area contributed by atoms with Crippen LogP contribution in [0.25, 0.3) is 0 Å². The predicted molar refractivity (Wildman–Crippen MR) is 92.1 cm³/mol. The van der Waals surface area contributed by atoms with Gasteiger partial charge in [0, 0.05) is 24.7 Å². The molecule has 0 bridgehead atoms. The van der Waals surface area contributed by atoms with Crippen LogP contribution in [0.1, 0.15) is 24.5 Å². The molecule has 124 valence electrons. The fourth-order valence-corrected chi connectivity index (χ4v) is 1.99. The van der Waals surface area contributed by atoms with E-state index in [-0.39, 0.29) is 6.54 Å². The fraction of sp³-hybridized carbons (Fsp3) is 0.222. The van der Waals surface area contributed by atoms with Gasteiger partial charge in [0.05, 0.1) is 0 Å². The van der Waals surface area contributed by atoms with E-state index in [1.54, 1.807) is 24.5 Å². The number of benzene rings is 1. The van der Waals surface area contributed by atoms with Crippen LogP contribution in [0, 0.1) is 0 Å². The summed E-state index contributed by atoms with van der Waals surface area (Å²) in [5, 5.41) is 6.49. The second-order valence-electron chi connectivity index (χ2n) is 5.31. The quantitative estimate of drug-likeness (QED) is 0.483. The van der Waals surface area contributed by atoms with E-state index in [0.29, 0.717) is 6.42 Å². The van der Waals surface area contributed by atoms with Gasteiger partial charge in [-0.1, -0.05) is 30.3 Å². The Kier molecular flexibility index (Phi) is 6.64. The van der Waals surface area contributed by atoms with E-state index >= 15 is 0 Å². The molecule has 2 rings (SSSR count). The number of nitrogens with zero attached hydrogens (tertiary/aromatic N) is 2. The van der Waals surface area contributed by atoms with Crippen molar-refractivity contribution in [3.8, 4) is 0 Å². The number of aryl methyl sites for hydroxylation is 1. The van der Waals surface area contributed by atoms with E-state index in [9.17, 15) is 9.59 Å². The molecular weight excluding hydrogens is 304 g/mol. The zero-order chi connectivity index (χ0) is 17.2. The zero-order valence-corrected chi connectivity index (χ0v) is 13.5. The molecule has 0 aliphatic carbocycles. The fourth-order valence-electron chi connectivity index (χ4n) is 1.99. The number of hydrogen-bond donors (Lipinski definition) is 2. The first-order valence-electron chi connectivity index (χ1n) is 7.69. The lowest BCUT2D eigenvalue weighted by Gasteiger charge is -2.05. The van der Waals surface area contributed by atoms with Crippen molar-refractivity contribution in [1.29, 1.82) is 0 Å². The molecule has 0 saturated carbocycles. The summed E-state index contributed by atoms with van der Waals surface area (Å²) in [6, 6.07) is 13.5. The Morgan fingerprint density at radius 3 is 2.42 bits per heavy atom. The summed E-state index contributed by atoms with van der Waals surface area (Å²) in [5.41, 5.74) is 5.11. The normalized spacial score (nSPS) is 11.0. The summed E-state index contributed by atoms with van der Waals surface area (Å²) in [7, 11) is 0. The molecule has 1 aromatic heterocycles. The van der Waals surface area contributed by atoms with Crippen LogP contribution in [0.5, 0.6) is 0 Å². The van der Waals surface area contributed by atoms with Crippen molar-refractivity contribution in [3.05, 3.63) is 66.0 Å². The van der Waals surface area contributed by atoms with Gasteiger partial charge < -0.3 is 5.32 Å². The molecule has 1 heterocycles. The summed E-state index contributed by atoms with van der Waals surface area (Å²) in [6.07, 6.45) is 4.80. The van der Waals surface area contributed by atoms with Gasteiger partial charge in [-0.05, 0) is 43.0 Å². The third-order valence-corrected chi connectivity index (χ3v) is 3.38. The number of carbonyl (C=O) groups is 2. The molecule has 2 amide bonds. The van der Waals surface area contributed by atoms with Crippen LogP contribution in [-0.4, -0.2) is 22.5 Å². The molecule has 0 aliphatic rings. The largest absolute Gasteiger partial charge is 0.344 e. The van der Waals surface area contributed by atoms with Crippen LogP contribution in [-0.2, 0) is 22.6 Å². The Hall–Kier alpha value is -3.02. The Morgan fingerprint density at radius 2 is 1.71 bits per heavy atom. The molecule has 0 fully saturated rings. The van der Waals surface area contributed by atoms with Gasteiger partial charge in [-0.3, -0.25) is 14.6 Å². The van der Waals surface area contributed by atoms with E-state index < -0.39 is 11.8 Å². The molecule has 0 atom stereocenters. The number of pyridine rings is 1. The van der Waals surface area contributed by atoms with Crippen molar-refractivity contribution in [2.24, 2.45) is 5.10 Å². The summed E-state index contributed by atoms with van der Waals surface area (Å²) in [6.45, 7) is 2.09. The first kappa shape index (κ1) is 17.3. The van der Waals surface area contributed by atoms with Gasteiger partial charge in [-0.15, -0.1) is 0 Å². The third kappa shape index (κ3) is 6.00. The standard InChI is InChI=1S/C18H20N4O2/c1-14(7-8-15-5-3-2-4-6-15)21-22-18(24)17(23)20-13-16-9-11-19-12-10-16/h2-6,9-12H,7-8,13H2,1H3,(H,20,23)(H,22,24)/b21-14+.